The van der Waals surface area contributed by atoms with Gasteiger partial charge in [-0.05, 0) is 42.6 Å². The summed E-state index contributed by atoms with van der Waals surface area (Å²) in [6, 6.07) is 7.38. The van der Waals surface area contributed by atoms with E-state index in [1.165, 1.54) is 19.2 Å². The zero-order valence-corrected chi connectivity index (χ0v) is 15.9. The molecule has 28 heavy (non-hydrogen) atoms. The van der Waals surface area contributed by atoms with Crippen LogP contribution in [0.25, 0.3) is 0 Å². The van der Waals surface area contributed by atoms with E-state index in [1.54, 1.807) is 25.3 Å². The molecule has 0 aliphatic carbocycles. The van der Waals surface area contributed by atoms with E-state index in [4.69, 9.17) is 4.74 Å². The van der Waals surface area contributed by atoms with Crippen LogP contribution >= 0.6 is 0 Å². The van der Waals surface area contributed by atoms with Crippen molar-refractivity contribution < 1.29 is 22.7 Å². The number of benzene rings is 1. The Morgan fingerprint density at radius 1 is 1.29 bits per heavy atom. The number of allylic oxidation sites excluding steroid dienone is 5. The minimum atomic E-state index is -4.66. The maximum absolute atomic E-state index is 13.0. The molecule has 150 valence electrons. The van der Waals surface area contributed by atoms with Gasteiger partial charge in [0.05, 0.1) is 12.8 Å². The lowest BCUT2D eigenvalue weighted by Gasteiger charge is -2.17. The van der Waals surface area contributed by atoms with Gasteiger partial charge < -0.3 is 9.64 Å². The van der Waals surface area contributed by atoms with Crippen LogP contribution < -0.4 is 4.74 Å². The SMILES string of the molecule is C=N/C(=C\C(=NC)C(/C=C\C=O)=C\N(C)Cc1ccc(OC)cc1)C(F)(F)F. The molecule has 5 nitrogen and oxygen atoms in total. The Hall–Kier alpha value is -3.16. The summed E-state index contributed by atoms with van der Waals surface area (Å²) in [6.07, 6.45) is 0.820. The zero-order valence-electron chi connectivity index (χ0n) is 15.9. The van der Waals surface area contributed by atoms with E-state index in [0.29, 0.717) is 18.4 Å². The molecule has 0 saturated heterocycles. The van der Waals surface area contributed by atoms with Crippen molar-refractivity contribution in [3.8, 4) is 5.75 Å². The standard InChI is InChI=1S/C20H22F3N3O2/c1-24-18(12-19(25-2)20(21,22)23)16(6-5-11-27)14-26(3)13-15-7-9-17(28-4)10-8-15/h5-12,14H,2,13H2,1,3-4H3/b6-5-,16-14-,19-12-,24-18?. The molecule has 0 unspecified atom stereocenters. The van der Waals surface area contributed by atoms with E-state index in [9.17, 15) is 18.0 Å². The second-order valence-corrected chi connectivity index (χ2v) is 5.64. The number of hydrogen-bond acceptors (Lipinski definition) is 5. The average Bonchev–Trinajstić information content (AvgIpc) is 2.65. The Morgan fingerprint density at radius 3 is 2.39 bits per heavy atom. The molecule has 0 aromatic heterocycles. The van der Waals surface area contributed by atoms with Crippen LogP contribution in [0.2, 0.25) is 0 Å². The van der Waals surface area contributed by atoms with Crippen LogP contribution in [0.15, 0.2) is 69.9 Å². The third-order valence-corrected chi connectivity index (χ3v) is 3.58. The number of nitrogens with zero attached hydrogens (tertiary/aromatic N) is 3. The van der Waals surface area contributed by atoms with Crippen molar-refractivity contribution in [3.63, 3.8) is 0 Å². The molecule has 1 rings (SSSR count). The number of rotatable bonds is 9. The molecule has 0 N–H and O–H groups in total. The van der Waals surface area contributed by atoms with Gasteiger partial charge in [-0.25, -0.2) is 0 Å². The van der Waals surface area contributed by atoms with Gasteiger partial charge in [0, 0.05) is 32.4 Å². The summed E-state index contributed by atoms with van der Waals surface area (Å²) in [5.74, 6) is 0.721. The average molecular weight is 393 g/mol. The fraction of sp³-hybridized carbons (Fsp3) is 0.250. The monoisotopic (exact) mass is 393 g/mol. The highest BCUT2D eigenvalue weighted by molar-refractivity contribution is 6.11. The summed E-state index contributed by atoms with van der Waals surface area (Å²) in [6.45, 7) is 3.44. The number of methoxy groups -OCH3 is 1. The van der Waals surface area contributed by atoms with Crippen LogP contribution in [-0.4, -0.2) is 51.0 Å². The summed E-state index contributed by atoms with van der Waals surface area (Å²) < 4.78 is 44.0. The predicted octanol–water partition coefficient (Wildman–Crippen LogP) is 3.98. The molecule has 0 bridgehead atoms. The summed E-state index contributed by atoms with van der Waals surface area (Å²) in [5.41, 5.74) is 0.124. The number of aliphatic imine (C=N–C) groups is 2. The van der Waals surface area contributed by atoms with E-state index in [-0.39, 0.29) is 5.71 Å². The van der Waals surface area contributed by atoms with Crippen LogP contribution in [0.4, 0.5) is 13.2 Å². The Morgan fingerprint density at radius 2 is 1.93 bits per heavy atom. The van der Waals surface area contributed by atoms with Crippen molar-refractivity contribution in [1.29, 1.82) is 0 Å². The van der Waals surface area contributed by atoms with Crippen LogP contribution in [0.5, 0.6) is 5.75 Å². The van der Waals surface area contributed by atoms with Crippen molar-refractivity contribution in [2.45, 2.75) is 12.7 Å². The van der Waals surface area contributed by atoms with Gasteiger partial charge in [0.15, 0.2) is 0 Å². The minimum absolute atomic E-state index is 0.0133. The van der Waals surface area contributed by atoms with Gasteiger partial charge >= 0.3 is 6.18 Å². The first-order valence-corrected chi connectivity index (χ1v) is 8.14. The van der Waals surface area contributed by atoms with Crippen LogP contribution in [0.1, 0.15) is 5.56 Å². The lowest BCUT2D eigenvalue weighted by atomic mass is 10.1. The normalized spacial score (nSPS) is 13.6. The maximum Gasteiger partial charge on any atom is 0.433 e. The lowest BCUT2D eigenvalue weighted by Crippen LogP contribution is -2.15. The highest BCUT2D eigenvalue weighted by Gasteiger charge is 2.33. The smallest absolute Gasteiger partial charge is 0.433 e. The van der Waals surface area contributed by atoms with E-state index in [1.807, 2.05) is 24.3 Å². The molecule has 0 heterocycles. The Labute approximate surface area is 162 Å². The summed E-state index contributed by atoms with van der Waals surface area (Å²) in [4.78, 5) is 19.4. The van der Waals surface area contributed by atoms with E-state index in [0.717, 1.165) is 17.4 Å². The van der Waals surface area contributed by atoms with Gasteiger partial charge in [-0.1, -0.05) is 12.1 Å². The Bertz CT molecular complexity index is 792. The van der Waals surface area contributed by atoms with Gasteiger partial charge in [-0.2, -0.15) is 13.2 Å². The number of ether oxygens (including phenoxy) is 1. The molecule has 1 aromatic carbocycles. The third-order valence-electron chi connectivity index (χ3n) is 3.58. The molecule has 0 aliphatic rings. The van der Waals surface area contributed by atoms with Gasteiger partial charge in [-0.15, -0.1) is 0 Å². The van der Waals surface area contributed by atoms with Crippen LogP contribution in [0.3, 0.4) is 0 Å². The first kappa shape index (κ1) is 22.9. The molecule has 0 fully saturated rings. The molecule has 8 heteroatoms. The molecule has 0 radical (unpaired) electrons. The molecule has 0 saturated carbocycles. The molecule has 0 spiro atoms. The molecule has 1 aromatic rings. The first-order chi connectivity index (χ1) is 13.2. The number of carbonyl (C=O) groups is 1. The van der Waals surface area contributed by atoms with E-state index in [2.05, 4.69) is 16.7 Å². The lowest BCUT2D eigenvalue weighted by molar-refractivity contribution is -0.104. The molecule has 0 atom stereocenters. The van der Waals surface area contributed by atoms with Crippen molar-refractivity contribution in [2.75, 3.05) is 21.2 Å². The van der Waals surface area contributed by atoms with Gasteiger partial charge in [-0.3, -0.25) is 14.8 Å². The maximum atomic E-state index is 13.0. The molecular weight excluding hydrogens is 371 g/mol. The summed E-state index contributed by atoms with van der Waals surface area (Å²) in [7, 11) is 4.68. The highest BCUT2D eigenvalue weighted by Crippen LogP contribution is 2.27. The van der Waals surface area contributed by atoms with Crippen LogP contribution in [0, 0.1) is 0 Å². The highest BCUT2D eigenvalue weighted by atomic mass is 19.4. The molecule has 0 amide bonds. The Balaban J connectivity index is 3.19. The first-order valence-electron chi connectivity index (χ1n) is 8.14. The molecule has 0 aliphatic heterocycles. The Kier molecular flexibility index (Phi) is 8.87. The third kappa shape index (κ3) is 7.22. The molecular formula is C20H22F3N3O2. The van der Waals surface area contributed by atoms with Crippen molar-refractivity contribution >= 4 is 18.7 Å². The fourth-order valence-electron chi connectivity index (χ4n) is 2.26. The van der Waals surface area contributed by atoms with E-state index >= 15 is 0 Å². The summed E-state index contributed by atoms with van der Waals surface area (Å²) >= 11 is 0. The topological polar surface area (TPSA) is 54.3 Å². The number of alkyl halides is 3. The minimum Gasteiger partial charge on any atom is -0.497 e. The van der Waals surface area contributed by atoms with Crippen LogP contribution in [-0.2, 0) is 11.3 Å². The second kappa shape index (κ2) is 10.9. The second-order valence-electron chi connectivity index (χ2n) is 5.64. The van der Waals surface area contributed by atoms with Crippen molar-refractivity contribution in [2.24, 2.45) is 9.98 Å². The fourth-order valence-corrected chi connectivity index (χ4v) is 2.26. The van der Waals surface area contributed by atoms with Crippen molar-refractivity contribution in [3.05, 3.63) is 65.5 Å². The number of hydrogen-bond donors (Lipinski definition) is 0. The van der Waals surface area contributed by atoms with Gasteiger partial charge in [0.25, 0.3) is 0 Å². The van der Waals surface area contributed by atoms with E-state index < -0.39 is 11.9 Å². The number of aldehydes is 1. The van der Waals surface area contributed by atoms with Crippen molar-refractivity contribution in [1.82, 2.24) is 4.90 Å². The largest absolute Gasteiger partial charge is 0.497 e. The predicted molar refractivity (Wildman–Crippen MR) is 105 cm³/mol. The summed E-state index contributed by atoms with van der Waals surface area (Å²) in [5, 5.41) is 0. The zero-order chi connectivity index (χ0) is 21.2. The number of halogens is 3. The van der Waals surface area contributed by atoms with Gasteiger partial charge in [0.1, 0.15) is 17.7 Å². The van der Waals surface area contributed by atoms with Gasteiger partial charge in [0.2, 0.25) is 0 Å². The number of carbonyl (C=O) groups excluding carboxylic acids is 1. The quantitative estimate of drug-likeness (QED) is 0.276.